The first-order valence-electron chi connectivity index (χ1n) is 7.59. The molecule has 0 atom stereocenters. The predicted octanol–water partition coefficient (Wildman–Crippen LogP) is 2.16. The van der Waals surface area contributed by atoms with Crippen molar-refractivity contribution in [3.05, 3.63) is 35.5 Å². The van der Waals surface area contributed by atoms with E-state index in [4.69, 9.17) is 11.6 Å². The summed E-state index contributed by atoms with van der Waals surface area (Å²) in [6.07, 6.45) is 2.71. The van der Waals surface area contributed by atoms with Crippen LogP contribution < -0.4 is 4.90 Å². The fraction of sp³-hybridized carbons (Fsp3) is 0.312. The van der Waals surface area contributed by atoms with Gasteiger partial charge in [-0.3, -0.25) is 0 Å². The van der Waals surface area contributed by atoms with E-state index in [1.807, 2.05) is 35.9 Å². The molecule has 1 aromatic carbocycles. The van der Waals surface area contributed by atoms with Gasteiger partial charge in [0.1, 0.15) is 15.5 Å². The molecule has 0 N–H and O–H groups in total. The van der Waals surface area contributed by atoms with Crippen molar-refractivity contribution < 1.29 is 8.42 Å². The van der Waals surface area contributed by atoms with Gasteiger partial charge in [0.25, 0.3) is 0 Å². The molecular weight excluding hydrogens is 362 g/mol. The number of halogens is 1. The van der Waals surface area contributed by atoms with Crippen LogP contribution in [0.15, 0.2) is 30.5 Å². The zero-order chi connectivity index (χ0) is 18.2. The van der Waals surface area contributed by atoms with Crippen LogP contribution in [0.5, 0.6) is 0 Å². The quantitative estimate of drug-likeness (QED) is 0.675. The maximum absolute atomic E-state index is 11.4. The van der Waals surface area contributed by atoms with Crippen LogP contribution in [-0.4, -0.2) is 53.5 Å². The van der Waals surface area contributed by atoms with Crippen LogP contribution in [0.3, 0.4) is 0 Å². The number of benzene rings is 1. The maximum atomic E-state index is 11.4. The molecule has 0 saturated carbocycles. The Balaban J connectivity index is 2.00. The van der Waals surface area contributed by atoms with Crippen molar-refractivity contribution >= 4 is 38.4 Å². The number of rotatable bonds is 5. The van der Waals surface area contributed by atoms with Crippen LogP contribution >= 0.6 is 11.6 Å². The Morgan fingerprint density at radius 1 is 1.24 bits per heavy atom. The zero-order valence-corrected chi connectivity index (χ0v) is 15.7. The number of para-hydroxylation sites is 2. The van der Waals surface area contributed by atoms with Gasteiger partial charge in [0.15, 0.2) is 5.82 Å². The molecule has 0 radical (unpaired) electrons. The van der Waals surface area contributed by atoms with Gasteiger partial charge >= 0.3 is 0 Å². The highest BCUT2D eigenvalue weighted by molar-refractivity contribution is 7.90. The van der Waals surface area contributed by atoms with Gasteiger partial charge < -0.3 is 9.47 Å². The number of anilines is 1. The minimum Gasteiger partial charge on any atom is -0.343 e. The molecule has 3 aromatic rings. The second-order valence-corrected chi connectivity index (χ2v) is 8.57. The van der Waals surface area contributed by atoms with Gasteiger partial charge in [0.05, 0.1) is 28.0 Å². The Hall–Kier alpha value is -2.19. The molecule has 0 unspecified atom stereocenters. The Morgan fingerprint density at radius 3 is 2.64 bits per heavy atom. The lowest BCUT2D eigenvalue weighted by Gasteiger charge is -2.17. The number of fused-ring (bicyclic) bond motifs is 1. The van der Waals surface area contributed by atoms with Crippen LogP contribution in [0.1, 0.15) is 0 Å². The summed E-state index contributed by atoms with van der Waals surface area (Å²) in [5, 5.41) is 0.388. The molecular formula is C16H18ClN5O2S. The van der Waals surface area contributed by atoms with Crippen molar-refractivity contribution in [1.82, 2.24) is 19.5 Å². The molecule has 9 heteroatoms. The molecule has 0 fully saturated rings. The van der Waals surface area contributed by atoms with E-state index in [1.54, 1.807) is 11.9 Å². The van der Waals surface area contributed by atoms with Gasteiger partial charge in [-0.05, 0) is 12.1 Å². The molecule has 0 amide bonds. The van der Waals surface area contributed by atoms with Crippen LogP contribution in [0.2, 0.25) is 5.02 Å². The van der Waals surface area contributed by atoms with Gasteiger partial charge in [0, 0.05) is 26.9 Å². The minimum atomic E-state index is -3.06. The Labute approximate surface area is 151 Å². The average Bonchev–Trinajstić information content (AvgIpc) is 2.90. The molecule has 0 aliphatic rings. The number of imidazole rings is 1. The lowest BCUT2D eigenvalue weighted by Crippen LogP contribution is -2.26. The van der Waals surface area contributed by atoms with Crippen molar-refractivity contribution in [3.8, 4) is 11.5 Å². The Kier molecular flexibility index (Phi) is 4.66. The van der Waals surface area contributed by atoms with Gasteiger partial charge in [-0.15, -0.1) is 0 Å². The largest absolute Gasteiger partial charge is 0.343 e. The molecule has 7 nitrogen and oxygen atoms in total. The molecule has 0 spiro atoms. The van der Waals surface area contributed by atoms with Crippen LogP contribution in [-0.2, 0) is 16.9 Å². The summed E-state index contributed by atoms with van der Waals surface area (Å²) in [4.78, 5) is 15.0. The van der Waals surface area contributed by atoms with Gasteiger partial charge in [-0.2, -0.15) is 0 Å². The lowest BCUT2D eigenvalue weighted by molar-refractivity contribution is 0.601. The number of aryl methyl sites for hydroxylation is 1. The number of nitrogens with zero attached hydrogens (tertiary/aromatic N) is 5. The smallest absolute Gasteiger partial charge is 0.225 e. The lowest BCUT2D eigenvalue weighted by atomic mass is 10.3. The van der Waals surface area contributed by atoms with E-state index in [1.165, 1.54) is 12.5 Å². The molecule has 0 aliphatic carbocycles. The second kappa shape index (κ2) is 6.61. The first-order chi connectivity index (χ1) is 11.8. The van der Waals surface area contributed by atoms with E-state index in [0.29, 0.717) is 29.0 Å². The molecule has 0 bridgehead atoms. The van der Waals surface area contributed by atoms with Gasteiger partial charge in [-0.1, -0.05) is 23.7 Å². The normalized spacial score (nSPS) is 11.8. The number of sulfone groups is 1. The summed E-state index contributed by atoms with van der Waals surface area (Å²) in [7, 11) is 0.581. The molecule has 2 aromatic heterocycles. The number of hydrogen-bond acceptors (Lipinski definition) is 6. The van der Waals surface area contributed by atoms with Crippen molar-refractivity contribution in [3.63, 3.8) is 0 Å². The summed E-state index contributed by atoms with van der Waals surface area (Å²) in [6, 6.07) is 7.76. The van der Waals surface area contributed by atoms with Crippen molar-refractivity contribution in [2.75, 3.05) is 30.5 Å². The summed E-state index contributed by atoms with van der Waals surface area (Å²) in [6.45, 7) is 0.294. The second-order valence-electron chi connectivity index (χ2n) is 5.90. The minimum absolute atomic E-state index is 0.0249. The standard InChI is InChI=1S/C16H18ClN5O2S/c1-21(8-9-25(3,23)24)16-18-10-11(17)14(20-16)15-19-12-6-4-5-7-13(12)22(15)2/h4-7,10H,8-9H2,1-3H3. The van der Waals surface area contributed by atoms with Crippen LogP contribution in [0.25, 0.3) is 22.6 Å². The highest BCUT2D eigenvalue weighted by atomic mass is 35.5. The Bertz CT molecular complexity index is 1030. The van der Waals surface area contributed by atoms with Crippen LogP contribution in [0.4, 0.5) is 5.95 Å². The van der Waals surface area contributed by atoms with Crippen molar-refractivity contribution in [2.24, 2.45) is 7.05 Å². The first kappa shape index (κ1) is 17.6. The van der Waals surface area contributed by atoms with E-state index in [-0.39, 0.29) is 5.75 Å². The van der Waals surface area contributed by atoms with Crippen molar-refractivity contribution in [2.45, 2.75) is 0 Å². The molecule has 0 aliphatic heterocycles. The molecule has 132 valence electrons. The first-order valence-corrected chi connectivity index (χ1v) is 10.0. The highest BCUT2D eigenvalue weighted by Gasteiger charge is 2.17. The Morgan fingerprint density at radius 2 is 1.96 bits per heavy atom. The van der Waals surface area contributed by atoms with Crippen LogP contribution in [0, 0.1) is 0 Å². The number of hydrogen-bond donors (Lipinski definition) is 0. The highest BCUT2D eigenvalue weighted by Crippen LogP contribution is 2.28. The topological polar surface area (TPSA) is 81.0 Å². The third kappa shape index (κ3) is 3.74. The maximum Gasteiger partial charge on any atom is 0.225 e. The molecule has 2 heterocycles. The van der Waals surface area contributed by atoms with E-state index in [0.717, 1.165) is 11.0 Å². The summed E-state index contributed by atoms with van der Waals surface area (Å²) < 4.78 is 24.6. The van der Waals surface area contributed by atoms with Gasteiger partial charge in [0.2, 0.25) is 5.95 Å². The third-order valence-electron chi connectivity index (χ3n) is 3.87. The van der Waals surface area contributed by atoms with Gasteiger partial charge in [-0.25, -0.2) is 23.4 Å². The monoisotopic (exact) mass is 379 g/mol. The summed E-state index contributed by atoms with van der Waals surface area (Å²) in [5.41, 5.74) is 2.33. The van der Waals surface area contributed by atoms with E-state index in [2.05, 4.69) is 15.0 Å². The fourth-order valence-corrected chi connectivity index (χ4v) is 3.24. The number of aromatic nitrogens is 4. The summed E-state index contributed by atoms with van der Waals surface area (Å²) in [5.74, 6) is 1.05. The fourth-order valence-electron chi connectivity index (χ4n) is 2.46. The average molecular weight is 380 g/mol. The zero-order valence-electron chi connectivity index (χ0n) is 14.1. The van der Waals surface area contributed by atoms with E-state index in [9.17, 15) is 8.42 Å². The molecule has 3 rings (SSSR count). The van der Waals surface area contributed by atoms with E-state index >= 15 is 0 Å². The third-order valence-corrected chi connectivity index (χ3v) is 5.07. The van der Waals surface area contributed by atoms with E-state index < -0.39 is 9.84 Å². The van der Waals surface area contributed by atoms with Crippen molar-refractivity contribution in [1.29, 1.82) is 0 Å². The predicted molar refractivity (Wildman–Crippen MR) is 99.7 cm³/mol. The summed E-state index contributed by atoms with van der Waals surface area (Å²) >= 11 is 6.29. The SMILES string of the molecule is CN(CCS(C)(=O)=O)c1ncc(Cl)c(-c2nc3ccccc3n2C)n1. The molecule has 25 heavy (non-hydrogen) atoms. The molecule has 0 saturated heterocycles.